The summed E-state index contributed by atoms with van der Waals surface area (Å²) >= 11 is 6.69. The van der Waals surface area contributed by atoms with Gasteiger partial charge in [0.2, 0.25) is 0 Å². The van der Waals surface area contributed by atoms with Gasteiger partial charge in [-0.3, -0.25) is 9.20 Å². The molecule has 2 aromatic heterocycles. The van der Waals surface area contributed by atoms with Crippen LogP contribution >= 0.6 is 31.9 Å². The molecule has 0 fully saturated rings. The molecule has 0 aromatic carbocycles. The maximum absolute atomic E-state index is 11.9. The molecule has 5 heteroatoms. The molecular formula is C10H8Br2N2O. The molecule has 0 spiro atoms. The highest BCUT2D eigenvalue weighted by Crippen LogP contribution is 2.25. The third kappa shape index (κ3) is 1.86. The summed E-state index contributed by atoms with van der Waals surface area (Å²) in [5, 5.41) is 0. The van der Waals surface area contributed by atoms with E-state index in [9.17, 15) is 4.79 Å². The Morgan fingerprint density at radius 1 is 1.47 bits per heavy atom. The zero-order chi connectivity index (χ0) is 11.0. The average molecular weight is 332 g/mol. The van der Waals surface area contributed by atoms with E-state index in [0.717, 1.165) is 5.69 Å². The van der Waals surface area contributed by atoms with Gasteiger partial charge in [0.1, 0.15) is 10.1 Å². The molecule has 0 saturated carbocycles. The quantitative estimate of drug-likeness (QED) is 0.753. The van der Waals surface area contributed by atoms with Gasteiger partial charge in [0.05, 0.1) is 10.5 Å². The number of hydrogen-bond acceptors (Lipinski definition) is 2. The van der Waals surface area contributed by atoms with Crippen molar-refractivity contribution in [3.63, 3.8) is 0 Å². The Balaban J connectivity index is 2.89. The molecule has 0 aliphatic heterocycles. The van der Waals surface area contributed by atoms with E-state index in [0.29, 0.717) is 10.1 Å². The van der Waals surface area contributed by atoms with E-state index in [-0.39, 0.29) is 10.4 Å². The molecule has 0 radical (unpaired) electrons. The lowest BCUT2D eigenvalue weighted by Crippen LogP contribution is -2.18. The van der Waals surface area contributed by atoms with Gasteiger partial charge in [0.25, 0.3) is 5.56 Å². The molecule has 0 unspecified atom stereocenters. The Hall–Kier alpha value is -0.680. The minimum absolute atomic E-state index is 0.0461. The van der Waals surface area contributed by atoms with Crippen LogP contribution in [0.4, 0.5) is 0 Å². The average Bonchev–Trinajstić information content (AvgIpc) is 2.23. The minimum atomic E-state index is -0.0816. The van der Waals surface area contributed by atoms with Crippen LogP contribution in [0.5, 0.6) is 0 Å². The van der Waals surface area contributed by atoms with Crippen molar-refractivity contribution in [1.82, 2.24) is 9.38 Å². The van der Waals surface area contributed by atoms with E-state index in [4.69, 9.17) is 0 Å². The van der Waals surface area contributed by atoms with E-state index in [1.165, 1.54) is 4.40 Å². The topological polar surface area (TPSA) is 34.4 Å². The van der Waals surface area contributed by atoms with Crippen LogP contribution < -0.4 is 5.56 Å². The molecule has 78 valence electrons. The van der Waals surface area contributed by atoms with Gasteiger partial charge in [0.15, 0.2) is 0 Å². The van der Waals surface area contributed by atoms with Crippen molar-refractivity contribution in [2.24, 2.45) is 0 Å². The Bertz CT molecular complexity index is 563. The molecule has 2 heterocycles. The fourth-order valence-corrected chi connectivity index (χ4v) is 2.61. The highest BCUT2D eigenvalue weighted by atomic mass is 79.9. The number of nitrogens with zero attached hydrogens (tertiary/aromatic N) is 2. The van der Waals surface area contributed by atoms with E-state index in [2.05, 4.69) is 36.8 Å². The van der Waals surface area contributed by atoms with Crippen molar-refractivity contribution in [2.75, 3.05) is 0 Å². The molecule has 0 aliphatic rings. The molecule has 3 nitrogen and oxygen atoms in total. The van der Waals surface area contributed by atoms with Gasteiger partial charge in [-0.25, -0.2) is 4.98 Å². The van der Waals surface area contributed by atoms with Gasteiger partial charge in [0, 0.05) is 6.20 Å². The number of rotatable bonds is 1. The zero-order valence-corrected chi connectivity index (χ0v) is 11.1. The molecule has 15 heavy (non-hydrogen) atoms. The third-order valence-corrected chi connectivity index (χ3v) is 3.26. The number of pyridine rings is 1. The predicted octanol–water partition coefficient (Wildman–Crippen LogP) is 2.91. The molecule has 0 amide bonds. The summed E-state index contributed by atoms with van der Waals surface area (Å²) in [7, 11) is 0. The molecule has 0 bridgehead atoms. The first-order chi connectivity index (χ1) is 7.11. The number of alkyl halides is 1. The van der Waals surface area contributed by atoms with Crippen molar-refractivity contribution in [3.05, 3.63) is 44.9 Å². The fourth-order valence-electron chi connectivity index (χ4n) is 1.35. The normalized spacial score (nSPS) is 13.0. The molecule has 2 aromatic rings. The number of halogens is 2. The Labute approximate surface area is 103 Å². The smallest absolute Gasteiger partial charge is 0.268 e. The molecular weight excluding hydrogens is 324 g/mol. The van der Waals surface area contributed by atoms with Crippen LogP contribution in [-0.2, 0) is 0 Å². The van der Waals surface area contributed by atoms with Gasteiger partial charge in [-0.05, 0) is 35.0 Å². The number of fused-ring (bicyclic) bond motifs is 1. The van der Waals surface area contributed by atoms with Gasteiger partial charge < -0.3 is 0 Å². The van der Waals surface area contributed by atoms with Crippen LogP contribution in [0.25, 0.3) is 5.65 Å². The Morgan fingerprint density at radius 3 is 2.87 bits per heavy atom. The first-order valence-electron chi connectivity index (χ1n) is 4.42. The van der Waals surface area contributed by atoms with Gasteiger partial charge in [-0.2, -0.15) is 0 Å². The molecule has 0 aliphatic carbocycles. The monoisotopic (exact) mass is 330 g/mol. The maximum Gasteiger partial charge on any atom is 0.272 e. The maximum atomic E-state index is 11.9. The second kappa shape index (κ2) is 4.06. The predicted molar refractivity (Wildman–Crippen MR) is 66.5 cm³/mol. The largest absolute Gasteiger partial charge is 0.272 e. The van der Waals surface area contributed by atoms with E-state index in [1.54, 1.807) is 12.3 Å². The SMILES string of the molecule is C[C@@H](Br)c1nc2ccccn2c(=O)c1Br. The summed E-state index contributed by atoms with van der Waals surface area (Å²) in [6.07, 6.45) is 1.71. The highest BCUT2D eigenvalue weighted by Gasteiger charge is 2.13. The van der Waals surface area contributed by atoms with Crippen molar-refractivity contribution in [2.45, 2.75) is 11.8 Å². The summed E-state index contributed by atoms with van der Waals surface area (Å²) in [6, 6.07) is 5.48. The third-order valence-electron chi connectivity index (χ3n) is 2.08. The zero-order valence-electron chi connectivity index (χ0n) is 7.95. The lowest BCUT2D eigenvalue weighted by atomic mass is 10.3. The van der Waals surface area contributed by atoms with Crippen LogP contribution in [-0.4, -0.2) is 9.38 Å². The van der Waals surface area contributed by atoms with E-state index in [1.807, 2.05) is 19.1 Å². The van der Waals surface area contributed by atoms with Crippen LogP contribution in [0.15, 0.2) is 33.7 Å². The lowest BCUT2D eigenvalue weighted by molar-refractivity contribution is 0.944. The molecule has 2 rings (SSSR count). The van der Waals surface area contributed by atoms with Gasteiger partial charge in [-0.1, -0.05) is 22.0 Å². The molecule has 0 N–H and O–H groups in total. The van der Waals surface area contributed by atoms with Crippen LogP contribution in [0.3, 0.4) is 0 Å². The van der Waals surface area contributed by atoms with Crippen molar-refractivity contribution >= 4 is 37.5 Å². The first kappa shape index (κ1) is 10.8. The Morgan fingerprint density at radius 2 is 2.20 bits per heavy atom. The van der Waals surface area contributed by atoms with E-state index < -0.39 is 0 Å². The summed E-state index contributed by atoms with van der Waals surface area (Å²) in [4.78, 5) is 16.4. The molecule has 0 saturated heterocycles. The van der Waals surface area contributed by atoms with Crippen molar-refractivity contribution in [1.29, 1.82) is 0 Å². The van der Waals surface area contributed by atoms with Crippen molar-refractivity contribution in [3.8, 4) is 0 Å². The van der Waals surface area contributed by atoms with Gasteiger partial charge in [-0.15, -0.1) is 0 Å². The lowest BCUT2D eigenvalue weighted by Gasteiger charge is -2.07. The summed E-state index contributed by atoms with van der Waals surface area (Å²) in [5.74, 6) is 0. The highest BCUT2D eigenvalue weighted by molar-refractivity contribution is 9.11. The van der Waals surface area contributed by atoms with Crippen LogP contribution in [0.1, 0.15) is 17.4 Å². The molecule has 1 atom stereocenters. The van der Waals surface area contributed by atoms with Crippen LogP contribution in [0, 0.1) is 0 Å². The van der Waals surface area contributed by atoms with Gasteiger partial charge >= 0.3 is 0 Å². The fraction of sp³-hybridized carbons (Fsp3) is 0.200. The van der Waals surface area contributed by atoms with Crippen molar-refractivity contribution < 1.29 is 0 Å². The first-order valence-corrected chi connectivity index (χ1v) is 6.13. The van der Waals surface area contributed by atoms with E-state index >= 15 is 0 Å². The number of hydrogen-bond donors (Lipinski definition) is 0. The number of aromatic nitrogens is 2. The Kier molecular flexibility index (Phi) is 2.93. The summed E-state index contributed by atoms with van der Waals surface area (Å²) in [5.41, 5.74) is 1.31. The second-order valence-corrected chi connectivity index (χ2v) is 5.33. The standard InChI is InChI=1S/C10H8Br2N2O/c1-6(11)9-8(12)10(15)14-5-3-2-4-7(14)13-9/h2-6H,1H3/t6-/m1/s1. The second-order valence-electron chi connectivity index (χ2n) is 3.16. The summed E-state index contributed by atoms with van der Waals surface area (Å²) in [6.45, 7) is 1.94. The van der Waals surface area contributed by atoms with Crippen LogP contribution in [0.2, 0.25) is 0 Å². The summed E-state index contributed by atoms with van der Waals surface area (Å²) < 4.78 is 2.03. The minimum Gasteiger partial charge on any atom is -0.268 e.